The molecule has 1 aliphatic rings. The molecule has 11 heteroatoms. The Bertz CT molecular complexity index is 799. The van der Waals surface area contributed by atoms with Gasteiger partial charge in [0.05, 0.1) is 19.4 Å². The quantitative estimate of drug-likeness (QED) is 0.265. The number of amides is 2. The van der Waals surface area contributed by atoms with E-state index >= 15 is 0 Å². The summed E-state index contributed by atoms with van der Waals surface area (Å²) < 4.78 is 21.5. The zero-order valence-corrected chi connectivity index (χ0v) is 17.3. The molecule has 0 spiro atoms. The second kappa shape index (κ2) is 11.9. The van der Waals surface area contributed by atoms with Crippen LogP contribution in [0.25, 0.3) is 0 Å². The fourth-order valence-electron chi connectivity index (χ4n) is 3.01. The molecule has 1 aromatic carbocycles. The first kappa shape index (κ1) is 24.1. The number of esters is 2. The van der Waals surface area contributed by atoms with Gasteiger partial charge in [-0.15, -0.1) is 0 Å². The SMILES string of the molecule is COC(=O)[C@@H]1C[C@H](OC(C)=O)C[C@H](Oc2ccc(CO)cc2NC(=O)CCNC=O)O1. The Morgan fingerprint density at radius 1 is 1.29 bits per heavy atom. The van der Waals surface area contributed by atoms with E-state index < -0.39 is 30.4 Å². The topological polar surface area (TPSA) is 149 Å². The first-order chi connectivity index (χ1) is 14.9. The smallest absolute Gasteiger partial charge is 0.335 e. The Balaban J connectivity index is 2.17. The number of hydrogen-bond acceptors (Lipinski definition) is 9. The fourth-order valence-corrected chi connectivity index (χ4v) is 3.01. The van der Waals surface area contributed by atoms with E-state index in [4.69, 9.17) is 18.9 Å². The highest BCUT2D eigenvalue weighted by atomic mass is 16.7. The number of aliphatic hydroxyl groups is 1. The third kappa shape index (κ3) is 7.54. The molecule has 170 valence electrons. The molecule has 1 aliphatic heterocycles. The monoisotopic (exact) mass is 438 g/mol. The van der Waals surface area contributed by atoms with Crippen LogP contribution in [0.15, 0.2) is 18.2 Å². The third-order valence-electron chi connectivity index (χ3n) is 4.38. The predicted octanol–water partition coefficient (Wildman–Crippen LogP) is 0.242. The number of ether oxygens (including phenoxy) is 4. The molecule has 2 amide bonds. The lowest BCUT2D eigenvalue weighted by molar-refractivity contribution is -0.204. The molecule has 0 aliphatic carbocycles. The number of rotatable bonds is 10. The van der Waals surface area contributed by atoms with Gasteiger partial charge in [0, 0.05) is 32.7 Å². The van der Waals surface area contributed by atoms with Crippen molar-refractivity contribution in [1.29, 1.82) is 0 Å². The highest BCUT2D eigenvalue weighted by molar-refractivity contribution is 5.92. The maximum absolute atomic E-state index is 12.1. The summed E-state index contributed by atoms with van der Waals surface area (Å²) in [7, 11) is 1.22. The van der Waals surface area contributed by atoms with Crippen molar-refractivity contribution >= 4 is 29.9 Å². The van der Waals surface area contributed by atoms with E-state index in [0.29, 0.717) is 12.0 Å². The van der Waals surface area contributed by atoms with Crippen molar-refractivity contribution in [3.05, 3.63) is 23.8 Å². The van der Waals surface area contributed by atoms with Crippen LogP contribution < -0.4 is 15.4 Å². The minimum atomic E-state index is -0.989. The molecule has 0 aromatic heterocycles. The van der Waals surface area contributed by atoms with E-state index in [2.05, 4.69) is 10.6 Å². The zero-order chi connectivity index (χ0) is 22.8. The third-order valence-corrected chi connectivity index (χ3v) is 4.38. The summed E-state index contributed by atoms with van der Waals surface area (Å²) >= 11 is 0. The van der Waals surface area contributed by atoms with Crippen LogP contribution in [0.5, 0.6) is 5.75 Å². The molecule has 1 saturated heterocycles. The molecule has 0 saturated carbocycles. The van der Waals surface area contributed by atoms with Gasteiger partial charge in [-0.2, -0.15) is 0 Å². The van der Waals surface area contributed by atoms with Gasteiger partial charge < -0.3 is 34.7 Å². The van der Waals surface area contributed by atoms with Crippen LogP contribution in [0.1, 0.15) is 31.7 Å². The average molecular weight is 438 g/mol. The molecule has 11 nitrogen and oxygen atoms in total. The van der Waals surface area contributed by atoms with Crippen LogP contribution in [0.3, 0.4) is 0 Å². The van der Waals surface area contributed by atoms with Crippen LogP contribution in [0, 0.1) is 0 Å². The summed E-state index contributed by atoms with van der Waals surface area (Å²) in [6, 6.07) is 4.67. The van der Waals surface area contributed by atoms with Gasteiger partial charge in [0.15, 0.2) is 6.10 Å². The summed E-state index contributed by atoms with van der Waals surface area (Å²) in [5.74, 6) is -1.29. The summed E-state index contributed by atoms with van der Waals surface area (Å²) in [5.41, 5.74) is 0.805. The molecular formula is C20H26N2O9. The maximum atomic E-state index is 12.1. The predicted molar refractivity (Wildman–Crippen MR) is 106 cm³/mol. The summed E-state index contributed by atoms with van der Waals surface area (Å²) in [6.45, 7) is 1.16. The van der Waals surface area contributed by atoms with Gasteiger partial charge in [0.25, 0.3) is 0 Å². The van der Waals surface area contributed by atoms with E-state index in [1.165, 1.54) is 26.2 Å². The minimum absolute atomic E-state index is 0.0282. The molecule has 0 unspecified atom stereocenters. The van der Waals surface area contributed by atoms with Crippen molar-refractivity contribution in [3.8, 4) is 5.75 Å². The Hall–Kier alpha value is -3.18. The number of aliphatic hydroxyl groups excluding tert-OH is 1. The minimum Gasteiger partial charge on any atom is -0.467 e. The van der Waals surface area contributed by atoms with Gasteiger partial charge in [0.2, 0.25) is 18.6 Å². The Kier molecular flexibility index (Phi) is 9.22. The molecule has 1 aromatic rings. The zero-order valence-electron chi connectivity index (χ0n) is 17.3. The van der Waals surface area contributed by atoms with E-state index in [0.717, 1.165) is 0 Å². The Labute approximate surface area is 179 Å². The second-order valence-electron chi connectivity index (χ2n) is 6.76. The number of nitrogens with one attached hydrogen (secondary N) is 2. The number of carbonyl (C=O) groups is 4. The fraction of sp³-hybridized carbons (Fsp3) is 0.500. The van der Waals surface area contributed by atoms with Gasteiger partial charge in [-0.25, -0.2) is 4.79 Å². The number of benzene rings is 1. The largest absolute Gasteiger partial charge is 0.467 e. The highest BCUT2D eigenvalue weighted by Crippen LogP contribution is 2.31. The van der Waals surface area contributed by atoms with E-state index in [1.807, 2.05) is 0 Å². The van der Waals surface area contributed by atoms with Gasteiger partial charge in [-0.3, -0.25) is 14.4 Å². The average Bonchev–Trinajstić information content (AvgIpc) is 2.73. The van der Waals surface area contributed by atoms with Crippen molar-refractivity contribution in [2.75, 3.05) is 19.0 Å². The number of methoxy groups -OCH3 is 1. The van der Waals surface area contributed by atoms with Gasteiger partial charge in [-0.1, -0.05) is 6.07 Å². The molecule has 1 heterocycles. The van der Waals surface area contributed by atoms with Crippen LogP contribution in [0.2, 0.25) is 0 Å². The Morgan fingerprint density at radius 2 is 2.06 bits per heavy atom. The molecule has 2 rings (SSSR count). The normalized spacial score (nSPS) is 20.3. The highest BCUT2D eigenvalue weighted by Gasteiger charge is 2.37. The summed E-state index contributed by atoms with van der Waals surface area (Å²) in [6.07, 6.45) is -1.77. The van der Waals surface area contributed by atoms with Crippen molar-refractivity contribution in [2.24, 2.45) is 0 Å². The molecule has 0 bridgehead atoms. The van der Waals surface area contributed by atoms with Crippen molar-refractivity contribution < 1.29 is 43.2 Å². The second-order valence-corrected chi connectivity index (χ2v) is 6.76. The van der Waals surface area contributed by atoms with Gasteiger partial charge in [0.1, 0.15) is 11.9 Å². The van der Waals surface area contributed by atoms with Crippen molar-refractivity contribution in [3.63, 3.8) is 0 Å². The molecule has 3 N–H and O–H groups in total. The summed E-state index contributed by atoms with van der Waals surface area (Å²) in [5, 5.41) is 14.4. The molecule has 3 atom stereocenters. The van der Waals surface area contributed by atoms with Crippen LogP contribution in [0.4, 0.5) is 5.69 Å². The lowest BCUT2D eigenvalue weighted by Crippen LogP contribution is -2.44. The maximum Gasteiger partial charge on any atom is 0.335 e. The van der Waals surface area contributed by atoms with Crippen LogP contribution in [-0.4, -0.2) is 61.5 Å². The Morgan fingerprint density at radius 3 is 2.71 bits per heavy atom. The van der Waals surface area contributed by atoms with Crippen molar-refractivity contribution in [2.45, 2.75) is 51.3 Å². The first-order valence-corrected chi connectivity index (χ1v) is 9.64. The van der Waals surface area contributed by atoms with Crippen LogP contribution >= 0.6 is 0 Å². The van der Waals surface area contributed by atoms with E-state index in [9.17, 15) is 24.3 Å². The van der Waals surface area contributed by atoms with Crippen molar-refractivity contribution in [1.82, 2.24) is 5.32 Å². The lowest BCUT2D eigenvalue weighted by Gasteiger charge is -2.33. The molecule has 1 fully saturated rings. The van der Waals surface area contributed by atoms with Gasteiger partial charge in [-0.05, 0) is 17.7 Å². The van der Waals surface area contributed by atoms with E-state index in [-0.39, 0.29) is 49.8 Å². The molecular weight excluding hydrogens is 412 g/mol. The number of anilines is 1. The molecule has 31 heavy (non-hydrogen) atoms. The van der Waals surface area contributed by atoms with E-state index in [1.54, 1.807) is 6.07 Å². The number of carbonyl (C=O) groups excluding carboxylic acids is 4. The lowest BCUT2D eigenvalue weighted by atomic mass is 10.0. The molecule has 0 radical (unpaired) electrons. The van der Waals surface area contributed by atoms with Gasteiger partial charge >= 0.3 is 11.9 Å². The van der Waals surface area contributed by atoms with Crippen LogP contribution in [-0.2, 0) is 40.0 Å². The summed E-state index contributed by atoms with van der Waals surface area (Å²) in [4.78, 5) is 45.8. The first-order valence-electron chi connectivity index (χ1n) is 9.64. The number of hydrogen-bond donors (Lipinski definition) is 3. The standard InChI is InChI=1S/C20H26N2O9/c1-12(25)29-14-8-17(20(27)28-2)31-19(9-14)30-16-4-3-13(10-23)7-15(16)22-18(26)5-6-21-11-24/h3-4,7,11,14,17,19,23H,5-6,8-10H2,1-2H3,(H,21,24)(H,22,26)/t14-,17-,19+/m0/s1.